The normalized spacial score (nSPS) is 11.2. The Morgan fingerprint density at radius 1 is 1.18 bits per heavy atom. The van der Waals surface area contributed by atoms with Crippen LogP contribution in [0.4, 0.5) is 10.8 Å². The number of aromatic nitrogens is 3. The number of rotatable bonds is 8. The van der Waals surface area contributed by atoms with Gasteiger partial charge in [-0.05, 0) is 61.0 Å². The summed E-state index contributed by atoms with van der Waals surface area (Å²) >= 11 is 7.12. The molecule has 170 valence electrons. The van der Waals surface area contributed by atoms with Gasteiger partial charge in [0.2, 0.25) is 0 Å². The van der Waals surface area contributed by atoms with Gasteiger partial charge >= 0.3 is 0 Å². The van der Waals surface area contributed by atoms with Crippen LogP contribution in [-0.2, 0) is 16.8 Å². The summed E-state index contributed by atoms with van der Waals surface area (Å²) in [5.74, 6) is 0.230. The summed E-state index contributed by atoms with van der Waals surface area (Å²) in [7, 11) is -3.76. The van der Waals surface area contributed by atoms with E-state index >= 15 is 0 Å². The number of nitrogens with zero attached hydrogens (tertiary/aromatic N) is 3. The van der Waals surface area contributed by atoms with E-state index in [0.717, 1.165) is 5.56 Å². The molecule has 0 saturated carbocycles. The molecule has 0 fully saturated rings. The number of hydrogen-bond donors (Lipinski definition) is 2. The zero-order valence-electron chi connectivity index (χ0n) is 17.2. The van der Waals surface area contributed by atoms with Crippen molar-refractivity contribution in [1.29, 1.82) is 0 Å². The van der Waals surface area contributed by atoms with Crippen LogP contribution in [0.15, 0.2) is 71.2 Å². The van der Waals surface area contributed by atoms with Crippen molar-refractivity contribution in [2.75, 3.05) is 10.0 Å². The van der Waals surface area contributed by atoms with E-state index < -0.39 is 15.9 Å². The number of ether oxygens (including phenoxy) is 1. The topological polar surface area (TPSA) is 115 Å². The van der Waals surface area contributed by atoms with E-state index in [2.05, 4.69) is 20.1 Å². The highest BCUT2D eigenvalue weighted by Crippen LogP contribution is 2.22. The van der Waals surface area contributed by atoms with Gasteiger partial charge in [-0.1, -0.05) is 11.6 Å². The highest BCUT2D eigenvalue weighted by molar-refractivity contribution is 7.93. The fourth-order valence-corrected chi connectivity index (χ4v) is 4.84. The Labute approximate surface area is 199 Å². The second-order valence-electron chi connectivity index (χ2n) is 6.84. The molecule has 0 aliphatic heterocycles. The van der Waals surface area contributed by atoms with Crippen LogP contribution in [0.5, 0.6) is 5.75 Å². The molecule has 0 unspecified atom stereocenters. The zero-order chi connectivity index (χ0) is 23.4. The summed E-state index contributed by atoms with van der Waals surface area (Å²) in [5, 5.41) is 9.47. The van der Waals surface area contributed by atoms with Gasteiger partial charge in [-0.2, -0.15) is 5.10 Å². The first-order valence-corrected chi connectivity index (χ1v) is 12.3. The molecule has 0 spiro atoms. The SMILES string of the molecule is Cc1cc(Cl)ccc1OCn1ccc(C(=O)Nc2ccc(S(=O)(=O)Nc3nccs3)cc2)n1. The van der Waals surface area contributed by atoms with E-state index in [0.29, 0.717) is 16.5 Å². The molecular weight excluding hydrogens is 486 g/mol. The van der Waals surface area contributed by atoms with Crippen LogP contribution < -0.4 is 14.8 Å². The molecule has 2 aromatic carbocycles. The van der Waals surface area contributed by atoms with Crippen LogP contribution in [0.25, 0.3) is 0 Å². The largest absolute Gasteiger partial charge is 0.471 e. The molecule has 0 atom stereocenters. The minimum absolute atomic E-state index is 0.0506. The molecule has 12 heteroatoms. The van der Waals surface area contributed by atoms with Crippen molar-refractivity contribution >= 4 is 49.7 Å². The highest BCUT2D eigenvalue weighted by atomic mass is 35.5. The number of carbonyl (C=O) groups excluding carboxylic acids is 1. The smallest absolute Gasteiger partial charge is 0.276 e. The molecule has 0 bridgehead atoms. The van der Waals surface area contributed by atoms with E-state index in [-0.39, 0.29) is 22.5 Å². The van der Waals surface area contributed by atoms with Gasteiger partial charge in [0.05, 0.1) is 4.90 Å². The molecule has 2 aromatic heterocycles. The monoisotopic (exact) mass is 503 g/mol. The summed E-state index contributed by atoms with van der Waals surface area (Å²) < 4.78 is 34.4. The molecule has 33 heavy (non-hydrogen) atoms. The lowest BCUT2D eigenvalue weighted by Crippen LogP contribution is -2.15. The lowest BCUT2D eigenvalue weighted by atomic mass is 10.2. The second-order valence-corrected chi connectivity index (χ2v) is 9.86. The van der Waals surface area contributed by atoms with Gasteiger partial charge in [-0.15, -0.1) is 11.3 Å². The molecule has 1 amide bonds. The lowest BCUT2D eigenvalue weighted by Gasteiger charge is -2.09. The maximum atomic E-state index is 12.5. The number of thiazole rings is 1. The van der Waals surface area contributed by atoms with E-state index in [9.17, 15) is 13.2 Å². The predicted molar refractivity (Wildman–Crippen MR) is 126 cm³/mol. The van der Waals surface area contributed by atoms with E-state index in [1.807, 2.05) is 6.92 Å². The first-order chi connectivity index (χ1) is 15.8. The van der Waals surface area contributed by atoms with E-state index in [1.165, 1.54) is 46.5 Å². The van der Waals surface area contributed by atoms with Gasteiger partial charge in [-0.3, -0.25) is 9.52 Å². The molecule has 4 rings (SSSR count). The third kappa shape index (κ3) is 5.69. The third-order valence-corrected chi connectivity index (χ3v) is 6.85. The van der Waals surface area contributed by atoms with Gasteiger partial charge in [0.15, 0.2) is 17.6 Å². The summed E-state index contributed by atoms with van der Waals surface area (Å²) in [6, 6.07) is 12.6. The Morgan fingerprint density at radius 2 is 1.97 bits per heavy atom. The number of halogens is 1. The number of aryl methyl sites for hydroxylation is 1. The average Bonchev–Trinajstić information content (AvgIpc) is 3.45. The summed E-state index contributed by atoms with van der Waals surface area (Å²) in [4.78, 5) is 16.5. The number of sulfonamides is 1. The maximum Gasteiger partial charge on any atom is 0.276 e. The van der Waals surface area contributed by atoms with Crippen molar-refractivity contribution in [3.8, 4) is 5.75 Å². The van der Waals surface area contributed by atoms with Crippen LogP contribution >= 0.6 is 22.9 Å². The highest BCUT2D eigenvalue weighted by Gasteiger charge is 2.16. The summed E-state index contributed by atoms with van der Waals surface area (Å²) in [6.45, 7) is 2.00. The second kappa shape index (κ2) is 9.61. The van der Waals surface area contributed by atoms with Gasteiger partial charge in [-0.25, -0.2) is 18.1 Å². The minimum Gasteiger partial charge on any atom is -0.471 e. The van der Waals surface area contributed by atoms with Crippen LogP contribution in [-0.4, -0.2) is 29.1 Å². The standard InChI is InChI=1S/C21H18ClN5O4S2/c1-14-12-15(22)2-7-19(14)31-13-27-10-8-18(25-27)20(28)24-16-3-5-17(6-4-16)33(29,30)26-21-23-9-11-32-21/h2-12H,13H2,1H3,(H,23,26)(H,24,28). The van der Waals surface area contributed by atoms with Gasteiger partial charge < -0.3 is 10.1 Å². The molecule has 0 aliphatic carbocycles. The molecule has 0 radical (unpaired) electrons. The molecule has 2 heterocycles. The van der Waals surface area contributed by atoms with Crippen molar-refractivity contribution in [1.82, 2.24) is 14.8 Å². The van der Waals surface area contributed by atoms with Crippen LogP contribution in [0.1, 0.15) is 16.1 Å². The molecule has 0 aliphatic rings. The number of amides is 1. The number of anilines is 2. The molecular formula is C21H18ClN5O4S2. The number of carbonyl (C=O) groups is 1. The van der Waals surface area contributed by atoms with Gasteiger partial charge in [0, 0.05) is 28.5 Å². The fourth-order valence-electron chi connectivity index (χ4n) is 2.83. The first kappa shape index (κ1) is 22.8. The third-order valence-electron chi connectivity index (χ3n) is 4.44. The molecule has 4 aromatic rings. The maximum absolute atomic E-state index is 12.5. The van der Waals surface area contributed by atoms with Crippen molar-refractivity contribution < 1.29 is 17.9 Å². The first-order valence-electron chi connectivity index (χ1n) is 9.56. The Balaban J connectivity index is 1.36. The quantitative estimate of drug-likeness (QED) is 0.368. The molecule has 2 N–H and O–H groups in total. The minimum atomic E-state index is -3.76. The number of benzene rings is 2. The Hall–Kier alpha value is -3.41. The van der Waals surface area contributed by atoms with E-state index in [4.69, 9.17) is 16.3 Å². The van der Waals surface area contributed by atoms with E-state index in [1.54, 1.807) is 35.8 Å². The van der Waals surface area contributed by atoms with Gasteiger partial charge in [0.1, 0.15) is 5.75 Å². The Morgan fingerprint density at radius 3 is 2.67 bits per heavy atom. The zero-order valence-corrected chi connectivity index (χ0v) is 19.6. The van der Waals surface area contributed by atoms with Crippen molar-refractivity contribution in [2.45, 2.75) is 18.6 Å². The number of nitrogens with one attached hydrogen (secondary N) is 2. The van der Waals surface area contributed by atoms with Gasteiger partial charge in [0.25, 0.3) is 15.9 Å². The number of hydrogen-bond acceptors (Lipinski definition) is 7. The van der Waals surface area contributed by atoms with Crippen LogP contribution in [0, 0.1) is 6.92 Å². The average molecular weight is 504 g/mol. The van der Waals surface area contributed by atoms with Crippen LogP contribution in [0.2, 0.25) is 5.02 Å². The Bertz CT molecular complexity index is 1370. The van der Waals surface area contributed by atoms with Crippen LogP contribution in [0.3, 0.4) is 0 Å². The van der Waals surface area contributed by atoms with Crippen molar-refractivity contribution in [3.63, 3.8) is 0 Å². The fraction of sp³-hybridized carbons (Fsp3) is 0.0952. The molecule has 9 nitrogen and oxygen atoms in total. The van der Waals surface area contributed by atoms with Crippen molar-refractivity contribution in [3.05, 3.63) is 82.6 Å². The summed E-state index contributed by atoms with van der Waals surface area (Å²) in [5.41, 5.74) is 1.50. The Kier molecular flexibility index (Phi) is 6.63. The lowest BCUT2D eigenvalue weighted by molar-refractivity contribution is 0.102. The van der Waals surface area contributed by atoms with Crippen molar-refractivity contribution in [2.24, 2.45) is 0 Å². The predicted octanol–water partition coefficient (Wildman–Crippen LogP) is 4.39. The summed E-state index contributed by atoms with van der Waals surface area (Å²) in [6.07, 6.45) is 3.13. The molecule has 0 saturated heterocycles.